The lowest BCUT2D eigenvalue weighted by atomic mass is 10.2. The third-order valence-electron chi connectivity index (χ3n) is 2.31. The second-order valence-electron chi connectivity index (χ2n) is 3.50. The predicted molar refractivity (Wildman–Crippen MR) is 55.0 cm³/mol. The molecular formula is C8H17ClFN3O. The minimum Gasteiger partial charge on any atom is -0.334 e. The van der Waals surface area contributed by atoms with E-state index in [-0.39, 0.29) is 30.9 Å². The molecule has 4 N–H and O–H groups in total. The van der Waals surface area contributed by atoms with Crippen LogP contribution in [0.25, 0.3) is 0 Å². The number of hydrogen-bond acceptors (Lipinski definition) is 3. The highest BCUT2D eigenvalue weighted by Crippen LogP contribution is 2.19. The molecule has 0 bridgehead atoms. The predicted octanol–water partition coefficient (Wildman–Crippen LogP) is -0.347. The third kappa shape index (κ3) is 2.80. The van der Waals surface area contributed by atoms with Crippen molar-refractivity contribution in [1.29, 1.82) is 0 Å². The van der Waals surface area contributed by atoms with Gasteiger partial charge in [-0.05, 0) is 6.92 Å². The fourth-order valence-corrected chi connectivity index (χ4v) is 1.61. The molecule has 0 aromatic rings. The third-order valence-corrected chi connectivity index (χ3v) is 2.31. The number of likely N-dealkylation sites (tertiary alicyclic amines) is 1. The first kappa shape index (κ1) is 13.6. The second-order valence-corrected chi connectivity index (χ2v) is 3.50. The highest BCUT2D eigenvalue weighted by Gasteiger charge is 2.35. The zero-order valence-corrected chi connectivity index (χ0v) is 8.97. The molecule has 1 amide bonds. The van der Waals surface area contributed by atoms with Crippen LogP contribution in [0.2, 0.25) is 0 Å². The number of hydrogen-bond donors (Lipinski definition) is 2. The Balaban J connectivity index is 0.00000169. The molecule has 1 heterocycles. The largest absolute Gasteiger partial charge is 0.334 e. The minimum atomic E-state index is -0.948. The maximum atomic E-state index is 12.9. The van der Waals surface area contributed by atoms with Crippen molar-refractivity contribution in [3.05, 3.63) is 0 Å². The van der Waals surface area contributed by atoms with Gasteiger partial charge in [-0.3, -0.25) is 4.79 Å². The van der Waals surface area contributed by atoms with Crippen LogP contribution in [-0.2, 0) is 4.79 Å². The number of rotatable bonds is 2. The molecule has 0 spiro atoms. The molecule has 0 saturated carbocycles. The molecule has 0 unspecified atom stereocenters. The Morgan fingerprint density at radius 1 is 1.71 bits per heavy atom. The molecule has 1 rings (SSSR count). The van der Waals surface area contributed by atoms with E-state index < -0.39 is 12.2 Å². The van der Waals surface area contributed by atoms with Crippen molar-refractivity contribution in [3.8, 4) is 0 Å². The summed E-state index contributed by atoms with van der Waals surface area (Å²) in [6, 6.07) is -0.743. The lowest BCUT2D eigenvalue weighted by molar-refractivity contribution is -0.133. The van der Waals surface area contributed by atoms with E-state index in [0.717, 1.165) is 0 Å². The van der Waals surface area contributed by atoms with Crippen molar-refractivity contribution in [2.24, 2.45) is 11.5 Å². The summed E-state index contributed by atoms with van der Waals surface area (Å²) in [7, 11) is 0. The van der Waals surface area contributed by atoms with Crippen LogP contribution in [0.5, 0.6) is 0 Å². The SMILES string of the molecule is C[C@@H](N)C(=O)N1C[C@H](F)C[C@H]1CN.Cl. The average Bonchev–Trinajstić information content (AvgIpc) is 2.45. The number of alkyl halides is 1. The van der Waals surface area contributed by atoms with E-state index in [1.54, 1.807) is 6.92 Å². The number of nitrogens with two attached hydrogens (primary N) is 2. The van der Waals surface area contributed by atoms with Gasteiger partial charge < -0.3 is 16.4 Å². The van der Waals surface area contributed by atoms with E-state index in [0.29, 0.717) is 13.0 Å². The van der Waals surface area contributed by atoms with Crippen LogP contribution >= 0.6 is 12.4 Å². The van der Waals surface area contributed by atoms with E-state index >= 15 is 0 Å². The highest BCUT2D eigenvalue weighted by molar-refractivity contribution is 5.85. The lowest BCUT2D eigenvalue weighted by Crippen LogP contribution is -2.47. The van der Waals surface area contributed by atoms with E-state index in [2.05, 4.69) is 0 Å². The molecule has 84 valence electrons. The zero-order valence-electron chi connectivity index (χ0n) is 8.15. The summed E-state index contributed by atoms with van der Waals surface area (Å²) in [4.78, 5) is 12.9. The molecular weight excluding hydrogens is 209 g/mol. The lowest BCUT2D eigenvalue weighted by Gasteiger charge is -2.24. The van der Waals surface area contributed by atoms with Gasteiger partial charge in [-0.2, -0.15) is 0 Å². The van der Waals surface area contributed by atoms with Crippen LogP contribution < -0.4 is 11.5 Å². The Morgan fingerprint density at radius 2 is 2.29 bits per heavy atom. The summed E-state index contributed by atoms with van der Waals surface area (Å²) in [5, 5.41) is 0. The topological polar surface area (TPSA) is 72.4 Å². The van der Waals surface area contributed by atoms with Gasteiger partial charge in [0.05, 0.1) is 12.6 Å². The molecule has 6 heteroatoms. The number of carbonyl (C=O) groups excluding carboxylic acids is 1. The second kappa shape index (κ2) is 5.48. The molecule has 0 aromatic carbocycles. The minimum absolute atomic E-state index is 0. The van der Waals surface area contributed by atoms with Crippen LogP contribution in [0, 0.1) is 0 Å². The molecule has 3 atom stereocenters. The van der Waals surface area contributed by atoms with E-state index in [1.165, 1.54) is 4.90 Å². The standard InChI is InChI=1S/C8H16FN3O.ClH/c1-5(11)8(13)12-4-6(9)2-7(12)3-10;/h5-7H,2-4,10-11H2,1H3;1H/t5-,6-,7+;/m1./s1. The van der Waals surface area contributed by atoms with Crippen LogP contribution in [-0.4, -0.2) is 42.2 Å². The van der Waals surface area contributed by atoms with Crippen LogP contribution in [0.4, 0.5) is 4.39 Å². The summed E-state index contributed by atoms with van der Waals surface area (Å²) < 4.78 is 12.9. The van der Waals surface area contributed by atoms with Gasteiger partial charge in [0.2, 0.25) is 5.91 Å². The van der Waals surface area contributed by atoms with Crippen molar-refractivity contribution >= 4 is 18.3 Å². The number of halogens is 2. The average molecular weight is 226 g/mol. The Hall–Kier alpha value is -0.390. The van der Waals surface area contributed by atoms with Gasteiger partial charge in [-0.1, -0.05) is 0 Å². The molecule has 1 saturated heterocycles. The van der Waals surface area contributed by atoms with E-state index in [4.69, 9.17) is 11.5 Å². The number of amides is 1. The first-order chi connectivity index (χ1) is 6.06. The van der Waals surface area contributed by atoms with E-state index in [1.807, 2.05) is 0 Å². The van der Waals surface area contributed by atoms with E-state index in [9.17, 15) is 9.18 Å². The summed E-state index contributed by atoms with van der Waals surface area (Å²) in [5.41, 5.74) is 10.8. The van der Waals surface area contributed by atoms with Crippen LogP contribution in [0.15, 0.2) is 0 Å². The molecule has 0 radical (unpaired) electrons. The Kier molecular flexibility index (Phi) is 5.33. The van der Waals surface area contributed by atoms with Gasteiger partial charge in [0, 0.05) is 19.0 Å². The summed E-state index contributed by atoms with van der Waals surface area (Å²) >= 11 is 0. The zero-order chi connectivity index (χ0) is 10.0. The summed E-state index contributed by atoms with van der Waals surface area (Å²) in [6.45, 7) is 2.04. The van der Waals surface area contributed by atoms with Crippen molar-refractivity contribution in [1.82, 2.24) is 4.90 Å². The maximum Gasteiger partial charge on any atom is 0.239 e. The molecule has 0 aromatic heterocycles. The molecule has 14 heavy (non-hydrogen) atoms. The normalized spacial score (nSPS) is 28.4. The van der Waals surface area contributed by atoms with Gasteiger partial charge >= 0.3 is 0 Å². The van der Waals surface area contributed by atoms with Crippen LogP contribution in [0.3, 0.4) is 0 Å². The van der Waals surface area contributed by atoms with Gasteiger partial charge in [0.1, 0.15) is 6.17 Å². The Bertz CT molecular complexity index is 203. The molecule has 1 aliphatic heterocycles. The van der Waals surface area contributed by atoms with Crippen LogP contribution in [0.1, 0.15) is 13.3 Å². The highest BCUT2D eigenvalue weighted by atomic mass is 35.5. The first-order valence-electron chi connectivity index (χ1n) is 4.46. The molecule has 4 nitrogen and oxygen atoms in total. The summed E-state index contributed by atoms with van der Waals surface area (Å²) in [5.74, 6) is -0.212. The van der Waals surface area contributed by atoms with Gasteiger partial charge in [-0.15, -0.1) is 12.4 Å². The quantitative estimate of drug-likeness (QED) is 0.675. The fourth-order valence-electron chi connectivity index (χ4n) is 1.61. The van der Waals surface area contributed by atoms with Crippen molar-refractivity contribution in [2.45, 2.75) is 31.6 Å². The Labute approximate surface area is 89.2 Å². The maximum absolute atomic E-state index is 12.9. The van der Waals surface area contributed by atoms with Gasteiger partial charge in [0.25, 0.3) is 0 Å². The van der Waals surface area contributed by atoms with Crippen molar-refractivity contribution in [3.63, 3.8) is 0 Å². The summed E-state index contributed by atoms with van der Waals surface area (Å²) in [6.07, 6.45) is -0.606. The molecule has 1 fully saturated rings. The fraction of sp³-hybridized carbons (Fsp3) is 0.875. The van der Waals surface area contributed by atoms with Crippen molar-refractivity contribution < 1.29 is 9.18 Å². The van der Waals surface area contributed by atoms with Gasteiger partial charge in [-0.25, -0.2) is 4.39 Å². The molecule has 1 aliphatic rings. The van der Waals surface area contributed by atoms with Gasteiger partial charge in [0.15, 0.2) is 0 Å². The first-order valence-corrected chi connectivity index (χ1v) is 4.46. The molecule has 0 aliphatic carbocycles. The smallest absolute Gasteiger partial charge is 0.239 e. The number of carbonyl (C=O) groups is 1. The Morgan fingerprint density at radius 3 is 2.71 bits per heavy atom. The number of nitrogens with zero attached hydrogens (tertiary/aromatic N) is 1. The van der Waals surface area contributed by atoms with Crippen molar-refractivity contribution in [2.75, 3.05) is 13.1 Å². The monoisotopic (exact) mass is 225 g/mol.